The summed E-state index contributed by atoms with van der Waals surface area (Å²) in [6.07, 6.45) is -1.03. The van der Waals surface area contributed by atoms with Crippen LogP contribution in [0.3, 0.4) is 0 Å². The molecule has 3 rings (SSSR count). The lowest BCUT2D eigenvalue weighted by Crippen LogP contribution is -2.21. The number of esters is 1. The zero-order valence-electron chi connectivity index (χ0n) is 15.9. The predicted octanol–water partition coefficient (Wildman–Crippen LogP) is 4.95. The number of carbonyl (C=O) groups is 1. The Morgan fingerprint density at radius 3 is 2.45 bits per heavy atom. The molecule has 31 heavy (non-hydrogen) atoms. The van der Waals surface area contributed by atoms with Gasteiger partial charge in [-0.25, -0.2) is 14.8 Å². The normalized spacial score (nSPS) is 12.6. The number of imidazole rings is 1. The van der Waals surface area contributed by atoms with Crippen molar-refractivity contribution in [1.29, 1.82) is 0 Å². The van der Waals surface area contributed by atoms with Crippen LogP contribution in [-0.4, -0.2) is 27.8 Å². The van der Waals surface area contributed by atoms with E-state index in [1.165, 1.54) is 36.8 Å². The van der Waals surface area contributed by atoms with E-state index in [1.807, 2.05) is 0 Å². The average Bonchev–Trinajstić information content (AvgIpc) is 3.26. The van der Waals surface area contributed by atoms with Gasteiger partial charge < -0.3 is 15.5 Å². The summed E-state index contributed by atoms with van der Waals surface area (Å²) in [5.41, 5.74) is 5.21. The maximum atomic E-state index is 13.0. The maximum Gasteiger partial charge on any atom is 0.430 e. The highest BCUT2D eigenvalue weighted by Crippen LogP contribution is 2.27. The minimum Gasteiger partial charge on any atom is -0.456 e. The van der Waals surface area contributed by atoms with Crippen LogP contribution in [0.25, 0.3) is 0 Å². The van der Waals surface area contributed by atoms with Crippen LogP contribution in [0.4, 0.5) is 18.9 Å². The molecular formula is C21H16ClF3N4O2. The van der Waals surface area contributed by atoms with E-state index in [9.17, 15) is 18.0 Å². The summed E-state index contributed by atoms with van der Waals surface area (Å²) in [6, 6.07) is 12.2. The minimum atomic E-state index is -4.72. The first-order valence-corrected chi connectivity index (χ1v) is 9.24. The summed E-state index contributed by atoms with van der Waals surface area (Å²) in [4.78, 5) is 23.0. The number of H-pyrrole nitrogens is 1. The molecule has 0 radical (unpaired) electrons. The Bertz CT molecular complexity index is 1110. The lowest BCUT2D eigenvalue weighted by atomic mass is 10.1. The number of para-hydroxylation sites is 1. The van der Waals surface area contributed by atoms with Gasteiger partial charge >= 0.3 is 12.1 Å². The van der Waals surface area contributed by atoms with E-state index in [2.05, 4.69) is 15.0 Å². The maximum absolute atomic E-state index is 13.0. The summed E-state index contributed by atoms with van der Waals surface area (Å²) >= 11 is 6.08. The van der Waals surface area contributed by atoms with E-state index in [0.717, 1.165) is 6.08 Å². The highest BCUT2D eigenvalue weighted by molar-refractivity contribution is 6.33. The number of nitrogens with one attached hydrogen (secondary N) is 1. The second-order valence-electron chi connectivity index (χ2n) is 6.28. The van der Waals surface area contributed by atoms with Crippen LogP contribution in [0.5, 0.6) is 0 Å². The number of carbonyl (C=O) groups excluding carboxylic acids is 1. The van der Waals surface area contributed by atoms with Gasteiger partial charge in [0.2, 0.25) is 0 Å². The van der Waals surface area contributed by atoms with E-state index in [-0.39, 0.29) is 28.6 Å². The standard InChI is InChI=1S/C21H16ClF3N4O2/c22-16-3-1-2-4-17(16)29-18(9-19(26)21(23,24)25)13-5-7-14(8-6-13)20(30)31-11-15-10-27-12-28-15/h1-10,12H,11,26H2,(H,27,28). The van der Waals surface area contributed by atoms with Crippen molar-refractivity contribution < 1.29 is 22.7 Å². The number of nitrogens with two attached hydrogens (primary N) is 1. The number of benzene rings is 2. The first kappa shape index (κ1) is 22.1. The number of nitrogens with zero attached hydrogens (tertiary/aromatic N) is 2. The highest BCUT2D eigenvalue weighted by Gasteiger charge is 2.31. The Kier molecular flexibility index (Phi) is 6.76. The number of halogens is 4. The van der Waals surface area contributed by atoms with Gasteiger partial charge in [-0.3, -0.25) is 0 Å². The summed E-state index contributed by atoms with van der Waals surface area (Å²) in [5.74, 6) is -0.601. The number of allylic oxidation sites excluding steroid dienone is 2. The van der Waals surface area contributed by atoms with Crippen molar-refractivity contribution >= 4 is 29.0 Å². The van der Waals surface area contributed by atoms with Crippen LogP contribution in [-0.2, 0) is 11.3 Å². The molecule has 6 nitrogen and oxygen atoms in total. The van der Waals surface area contributed by atoms with E-state index in [0.29, 0.717) is 11.3 Å². The first-order valence-electron chi connectivity index (χ1n) is 8.86. The molecule has 0 saturated carbocycles. The molecule has 1 aromatic heterocycles. The fraction of sp³-hybridized carbons (Fsp3) is 0.0952. The quantitative estimate of drug-likeness (QED) is 0.412. The minimum absolute atomic E-state index is 0.00462. The molecule has 10 heteroatoms. The SMILES string of the molecule is NC(=CC(=Nc1ccccc1Cl)c1ccc(C(=O)OCc2cnc[nH]2)cc1)C(F)(F)F. The second-order valence-corrected chi connectivity index (χ2v) is 6.68. The van der Waals surface area contributed by atoms with Crippen LogP contribution in [0.2, 0.25) is 5.02 Å². The van der Waals surface area contributed by atoms with Gasteiger partial charge in [-0.15, -0.1) is 0 Å². The number of hydrogen-bond donors (Lipinski definition) is 2. The Hall–Kier alpha value is -3.59. The van der Waals surface area contributed by atoms with E-state index in [4.69, 9.17) is 22.1 Å². The Labute approximate surface area is 180 Å². The molecule has 2 aromatic carbocycles. The molecule has 0 spiro atoms. The average molecular weight is 449 g/mol. The van der Waals surface area contributed by atoms with Crippen LogP contribution in [0.15, 0.2) is 77.8 Å². The number of alkyl halides is 3. The zero-order valence-corrected chi connectivity index (χ0v) is 16.6. The van der Waals surface area contributed by atoms with Crippen molar-refractivity contribution in [2.45, 2.75) is 12.8 Å². The summed E-state index contributed by atoms with van der Waals surface area (Å²) in [6.45, 7) is 0.00462. The van der Waals surface area contributed by atoms with Gasteiger partial charge in [0, 0.05) is 5.56 Å². The highest BCUT2D eigenvalue weighted by atomic mass is 35.5. The Morgan fingerprint density at radius 1 is 1.16 bits per heavy atom. The topological polar surface area (TPSA) is 93.4 Å². The number of aromatic nitrogens is 2. The number of aliphatic imine (C=N–C) groups is 1. The van der Waals surface area contributed by atoms with Gasteiger partial charge in [0.1, 0.15) is 12.3 Å². The van der Waals surface area contributed by atoms with Crippen LogP contribution >= 0.6 is 11.6 Å². The largest absolute Gasteiger partial charge is 0.456 e. The molecule has 0 amide bonds. The molecule has 3 aromatic rings. The van der Waals surface area contributed by atoms with E-state index >= 15 is 0 Å². The van der Waals surface area contributed by atoms with Gasteiger partial charge in [-0.1, -0.05) is 35.9 Å². The van der Waals surface area contributed by atoms with Gasteiger partial charge in [0.05, 0.1) is 40.2 Å². The second kappa shape index (κ2) is 9.48. The van der Waals surface area contributed by atoms with Gasteiger partial charge in [0.15, 0.2) is 0 Å². The lowest BCUT2D eigenvalue weighted by Gasteiger charge is -2.10. The van der Waals surface area contributed by atoms with Crippen LogP contribution in [0.1, 0.15) is 21.6 Å². The smallest absolute Gasteiger partial charge is 0.430 e. The molecule has 0 bridgehead atoms. The molecule has 1 heterocycles. The van der Waals surface area contributed by atoms with Gasteiger partial charge in [-0.2, -0.15) is 13.2 Å². The molecule has 0 unspecified atom stereocenters. The van der Waals surface area contributed by atoms with Crippen molar-refractivity contribution in [2.24, 2.45) is 10.7 Å². The van der Waals surface area contributed by atoms with E-state index in [1.54, 1.807) is 24.3 Å². The summed E-state index contributed by atoms with van der Waals surface area (Å²) in [5, 5.41) is 0.262. The van der Waals surface area contributed by atoms with Crippen molar-refractivity contribution in [2.75, 3.05) is 0 Å². The molecule has 0 aliphatic carbocycles. The Morgan fingerprint density at radius 2 is 1.84 bits per heavy atom. The van der Waals surface area contributed by atoms with Crippen molar-refractivity contribution in [3.63, 3.8) is 0 Å². The van der Waals surface area contributed by atoms with Gasteiger partial charge in [-0.05, 0) is 30.3 Å². The predicted molar refractivity (Wildman–Crippen MR) is 110 cm³/mol. The number of ether oxygens (including phenoxy) is 1. The third kappa shape index (κ3) is 5.95. The van der Waals surface area contributed by atoms with Crippen molar-refractivity contribution in [3.8, 4) is 0 Å². The van der Waals surface area contributed by atoms with E-state index < -0.39 is 17.8 Å². The fourth-order valence-corrected chi connectivity index (χ4v) is 2.63. The van der Waals surface area contributed by atoms with Crippen LogP contribution < -0.4 is 5.73 Å². The third-order valence-corrected chi connectivity index (χ3v) is 4.36. The summed E-state index contributed by atoms with van der Waals surface area (Å²) in [7, 11) is 0. The molecule has 0 saturated heterocycles. The molecule has 3 N–H and O–H groups in total. The Balaban J connectivity index is 1.88. The molecular weight excluding hydrogens is 433 g/mol. The summed E-state index contributed by atoms with van der Waals surface area (Å²) < 4.78 is 44.1. The lowest BCUT2D eigenvalue weighted by molar-refractivity contribution is -0.0925. The van der Waals surface area contributed by atoms with Crippen LogP contribution in [0, 0.1) is 0 Å². The number of rotatable bonds is 6. The van der Waals surface area contributed by atoms with Crippen molar-refractivity contribution in [1.82, 2.24) is 9.97 Å². The monoisotopic (exact) mass is 448 g/mol. The van der Waals surface area contributed by atoms with Crippen molar-refractivity contribution in [3.05, 3.63) is 94.7 Å². The molecule has 0 aliphatic rings. The third-order valence-electron chi connectivity index (χ3n) is 4.04. The molecule has 160 valence electrons. The number of aromatic amines is 1. The molecule has 0 aliphatic heterocycles. The molecule has 0 atom stereocenters. The number of hydrogen-bond acceptors (Lipinski definition) is 5. The van der Waals surface area contributed by atoms with Gasteiger partial charge in [0.25, 0.3) is 0 Å². The first-order chi connectivity index (χ1) is 14.7. The zero-order chi connectivity index (χ0) is 22.4. The fourth-order valence-electron chi connectivity index (χ4n) is 2.45. The molecule has 0 fully saturated rings.